The summed E-state index contributed by atoms with van der Waals surface area (Å²) in [4.78, 5) is 10.0. The molecule has 2 heterocycles. The van der Waals surface area contributed by atoms with Crippen molar-refractivity contribution in [2.45, 2.75) is 4.90 Å². The third kappa shape index (κ3) is 2.78. The summed E-state index contributed by atoms with van der Waals surface area (Å²) in [7, 11) is 0. The first kappa shape index (κ1) is 15.8. The standard InChI is InChI=1S/C18H13N3S.Zn/c22-16-11-5-4-9-14(16)17-20-15-10-6-12-19-18(15)21(17)13-7-2-1-3-8-13;/h1-12,22H;/p-1. The molecule has 2 aromatic heterocycles. The van der Waals surface area contributed by atoms with E-state index in [-0.39, 0.29) is 19.5 Å². The first-order chi connectivity index (χ1) is 10.8. The third-order valence-corrected chi connectivity index (χ3v) is 3.91. The molecule has 108 valence electrons. The summed E-state index contributed by atoms with van der Waals surface area (Å²) in [6.07, 6.45) is 1.78. The number of imidazole rings is 1. The molecule has 4 rings (SSSR count). The van der Waals surface area contributed by atoms with Gasteiger partial charge in [-0.1, -0.05) is 42.5 Å². The summed E-state index contributed by atoms with van der Waals surface area (Å²) in [6.45, 7) is 0. The molecule has 2 aromatic carbocycles. The minimum absolute atomic E-state index is 0. The number of hydrogen-bond donors (Lipinski definition) is 0. The van der Waals surface area contributed by atoms with Crippen molar-refractivity contribution in [3.05, 3.63) is 72.9 Å². The number of aromatic nitrogens is 3. The fourth-order valence-electron chi connectivity index (χ4n) is 2.57. The van der Waals surface area contributed by atoms with Gasteiger partial charge in [-0.05, 0) is 29.8 Å². The smallest absolute Gasteiger partial charge is 0.164 e. The predicted molar refractivity (Wildman–Crippen MR) is 89.9 cm³/mol. The number of nitrogens with zero attached hydrogens (tertiary/aromatic N) is 3. The van der Waals surface area contributed by atoms with Crippen LogP contribution in [0.1, 0.15) is 0 Å². The zero-order chi connectivity index (χ0) is 14.9. The maximum Gasteiger partial charge on any atom is 0.164 e. The van der Waals surface area contributed by atoms with Gasteiger partial charge in [-0.2, -0.15) is 4.90 Å². The van der Waals surface area contributed by atoms with E-state index in [0.717, 1.165) is 33.1 Å². The van der Waals surface area contributed by atoms with E-state index in [1.807, 2.05) is 66.7 Å². The van der Waals surface area contributed by atoms with Crippen LogP contribution in [0.4, 0.5) is 0 Å². The van der Waals surface area contributed by atoms with Gasteiger partial charge < -0.3 is 12.6 Å². The maximum atomic E-state index is 5.47. The Hall–Kier alpha value is -2.10. The zero-order valence-electron chi connectivity index (χ0n) is 12.4. The molecule has 0 fully saturated rings. The molecule has 0 aliphatic rings. The van der Waals surface area contributed by atoms with Crippen molar-refractivity contribution < 1.29 is 19.5 Å². The number of benzene rings is 2. The molecule has 4 aromatic rings. The van der Waals surface area contributed by atoms with Crippen molar-refractivity contribution in [1.82, 2.24) is 14.5 Å². The van der Waals surface area contributed by atoms with Crippen molar-refractivity contribution >= 4 is 23.8 Å². The van der Waals surface area contributed by atoms with Crippen molar-refractivity contribution in [3.8, 4) is 17.1 Å². The van der Waals surface area contributed by atoms with Gasteiger partial charge in [0.1, 0.15) is 11.3 Å². The molecule has 0 saturated heterocycles. The van der Waals surface area contributed by atoms with Crippen molar-refractivity contribution in [2.24, 2.45) is 0 Å². The molecule has 5 heteroatoms. The van der Waals surface area contributed by atoms with E-state index in [1.54, 1.807) is 6.20 Å². The van der Waals surface area contributed by atoms with Crippen LogP contribution >= 0.6 is 0 Å². The zero-order valence-corrected chi connectivity index (χ0v) is 16.2. The average molecular weight is 368 g/mol. The van der Waals surface area contributed by atoms with Gasteiger partial charge >= 0.3 is 0 Å². The molecule has 23 heavy (non-hydrogen) atoms. The second-order valence-electron chi connectivity index (χ2n) is 4.95. The van der Waals surface area contributed by atoms with E-state index >= 15 is 0 Å². The summed E-state index contributed by atoms with van der Waals surface area (Å²) in [6, 6.07) is 21.8. The molecule has 0 aliphatic carbocycles. The van der Waals surface area contributed by atoms with E-state index < -0.39 is 0 Å². The summed E-state index contributed by atoms with van der Waals surface area (Å²) in [5.74, 6) is 0.825. The van der Waals surface area contributed by atoms with Crippen LogP contribution < -0.4 is 0 Å². The Kier molecular flexibility index (Phi) is 4.51. The van der Waals surface area contributed by atoms with E-state index in [9.17, 15) is 0 Å². The maximum absolute atomic E-state index is 5.47. The molecule has 0 radical (unpaired) electrons. The Balaban J connectivity index is 0.00000156. The molecule has 0 spiro atoms. The fourth-order valence-corrected chi connectivity index (χ4v) is 2.80. The Morgan fingerprint density at radius 3 is 2.35 bits per heavy atom. The van der Waals surface area contributed by atoms with Gasteiger partial charge in [-0.25, -0.2) is 9.97 Å². The average Bonchev–Trinajstić information content (AvgIpc) is 2.95. The number of pyridine rings is 1. The van der Waals surface area contributed by atoms with E-state index in [0.29, 0.717) is 0 Å². The monoisotopic (exact) mass is 366 g/mol. The SMILES string of the molecule is [S-]c1ccccc1-c1nc2cccnc2n1-c1ccccc1.[Zn]. The summed E-state index contributed by atoms with van der Waals surface area (Å²) < 4.78 is 2.06. The Labute approximate surface area is 152 Å². The first-order valence-electron chi connectivity index (χ1n) is 7.00. The van der Waals surface area contributed by atoms with Crippen LogP contribution in [0.25, 0.3) is 28.2 Å². The van der Waals surface area contributed by atoms with Gasteiger partial charge in [0.2, 0.25) is 0 Å². The number of para-hydroxylation sites is 1. The Morgan fingerprint density at radius 1 is 0.826 bits per heavy atom. The van der Waals surface area contributed by atoms with Crippen molar-refractivity contribution in [1.29, 1.82) is 0 Å². The third-order valence-electron chi connectivity index (χ3n) is 3.56. The summed E-state index contributed by atoms with van der Waals surface area (Å²) in [5.41, 5.74) is 3.66. The summed E-state index contributed by atoms with van der Waals surface area (Å²) >= 11 is 5.47. The van der Waals surface area contributed by atoms with Gasteiger partial charge in [0.05, 0.1) is 0 Å². The number of hydrogen-bond acceptors (Lipinski definition) is 3. The Morgan fingerprint density at radius 2 is 1.57 bits per heavy atom. The molecule has 0 saturated carbocycles. The normalized spacial score (nSPS) is 10.4. The minimum atomic E-state index is 0. The minimum Gasteiger partial charge on any atom is -0.779 e. The molecule has 0 atom stereocenters. The second kappa shape index (κ2) is 6.57. The Bertz CT molecular complexity index is 951. The van der Waals surface area contributed by atoms with Gasteiger partial charge in [-0.15, -0.1) is 0 Å². The van der Waals surface area contributed by atoms with Gasteiger partial charge in [0.25, 0.3) is 0 Å². The number of fused-ring (bicyclic) bond motifs is 1. The van der Waals surface area contributed by atoms with Crippen LogP contribution in [0.3, 0.4) is 0 Å². The molecule has 3 nitrogen and oxygen atoms in total. The van der Waals surface area contributed by atoms with E-state index in [1.165, 1.54) is 0 Å². The van der Waals surface area contributed by atoms with Crippen LogP contribution in [0, 0.1) is 0 Å². The van der Waals surface area contributed by atoms with Gasteiger partial charge in [0.15, 0.2) is 5.65 Å². The quantitative estimate of drug-likeness (QED) is 0.396. The van der Waals surface area contributed by atoms with E-state index in [4.69, 9.17) is 17.6 Å². The van der Waals surface area contributed by atoms with Gasteiger partial charge in [0, 0.05) is 31.4 Å². The van der Waals surface area contributed by atoms with Crippen LogP contribution in [0.2, 0.25) is 0 Å². The predicted octanol–water partition coefficient (Wildman–Crippen LogP) is 3.99. The van der Waals surface area contributed by atoms with Crippen molar-refractivity contribution in [2.75, 3.05) is 0 Å². The number of rotatable bonds is 2. The van der Waals surface area contributed by atoms with Crippen LogP contribution in [-0.4, -0.2) is 14.5 Å². The molecule has 0 aliphatic heterocycles. The van der Waals surface area contributed by atoms with Crippen LogP contribution in [-0.2, 0) is 32.1 Å². The largest absolute Gasteiger partial charge is 0.779 e. The molecule has 0 unspecified atom stereocenters. The topological polar surface area (TPSA) is 30.7 Å². The van der Waals surface area contributed by atoms with Crippen molar-refractivity contribution in [3.63, 3.8) is 0 Å². The van der Waals surface area contributed by atoms with Crippen LogP contribution in [0.15, 0.2) is 77.8 Å². The second-order valence-corrected chi connectivity index (χ2v) is 5.39. The summed E-state index contributed by atoms with van der Waals surface area (Å²) in [5, 5.41) is 0. The molecular formula is C18H12N3SZn-. The molecule has 0 bridgehead atoms. The van der Waals surface area contributed by atoms with Gasteiger partial charge in [-0.3, -0.25) is 4.57 Å². The van der Waals surface area contributed by atoms with E-state index in [2.05, 4.69) is 9.55 Å². The molecule has 0 N–H and O–H groups in total. The van der Waals surface area contributed by atoms with Crippen LogP contribution in [0.5, 0.6) is 0 Å². The fraction of sp³-hybridized carbons (Fsp3) is 0. The molecular weight excluding hydrogens is 356 g/mol. The first-order valence-corrected chi connectivity index (χ1v) is 7.41. The molecule has 0 amide bonds.